The number of carbonyl (C=O) groups is 2. The fourth-order valence-electron chi connectivity index (χ4n) is 4.46. The Morgan fingerprint density at radius 2 is 1.20 bits per heavy atom. The van der Waals surface area contributed by atoms with E-state index in [1.807, 2.05) is 43.4 Å². The van der Waals surface area contributed by atoms with Gasteiger partial charge in [-0.1, -0.05) is 120 Å². The number of ether oxygens (including phenoxy) is 2. The highest BCUT2D eigenvalue weighted by atomic mass is 31.2. The first-order valence-corrected chi connectivity index (χ1v) is 22.0. The molecule has 0 aliphatic carbocycles. The van der Waals surface area contributed by atoms with Crippen LogP contribution in [0.3, 0.4) is 0 Å². The number of phosphoric ester groups is 2. The Balaban J connectivity index is 4.70. The van der Waals surface area contributed by atoms with Crippen LogP contribution < -0.4 is 0 Å². The maximum absolute atomic E-state index is 12.6. The number of aliphatic hydroxyl groups is 2. The average Bonchev–Trinajstić information content (AvgIpc) is 3.11. The highest BCUT2D eigenvalue weighted by molar-refractivity contribution is 7.47. The van der Waals surface area contributed by atoms with E-state index in [0.717, 1.165) is 44.9 Å². The molecule has 0 spiro atoms. The highest BCUT2D eigenvalue weighted by Crippen LogP contribution is 2.43. The third kappa shape index (κ3) is 36.7. The minimum atomic E-state index is -4.87. The molecule has 0 aliphatic rings. The van der Waals surface area contributed by atoms with E-state index in [1.54, 1.807) is 6.08 Å². The van der Waals surface area contributed by atoms with Crippen molar-refractivity contribution in [3.63, 3.8) is 0 Å². The first kappa shape index (κ1) is 51.8. The maximum Gasteiger partial charge on any atom is 0.472 e. The molecule has 0 aliphatic heterocycles. The number of phosphoric acid groups is 2. The van der Waals surface area contributed by atoms with Crippen LogP contribution in [-0.4, -0.2) is 81.6 Å². The van der Waals surface area contributed by atoms with Gasteiger partial charge < -0.3 is 34.4 Å². The molecule has 4 atom stereocenters. The van der Waals surface area contributed by atoms with Crippen molar-refractivity contribution in [1.29, 1.82) is 0 Å². The zero-order chi connectivity index (χ0) is 40.5. The van der Waals surface area contributed by atoms with Gasteiger partial charge >= 0.3 is 27.6 Å². The molecule has 312 valence electrons. The number of allylic oxidation sites excluding steroid dienone is 9. The van der Waals surface area contributed by atoms with Gasteiger partial charge in [-0.05, 0) is 50.9 Å². The van der Waals surface area contributed by atoms with Gasteiger partial charge in [0.15, 0.2) is 6.10 Å². The van der Waals surface area contributed by atoms with Gasteiger partial charge in [0.05, 0.1) is 25.9 Å². The molecule has 1 unspecified atom stereocenters. The lowest BCUT2D eigenvalue weighted by atomic mass is 10.0. The highest BCUT2D eigenvalue weighted by Gasteiger charge is 2.28. The van der Waals surface area contributed by atoms with Crippen LogP contribution in [0.4, 0.5) is 0 Å². The van der Waals surface area contributed by atoms with Crippen LogP contribution in [0.2, 0.25) is 0 Å². The molecule has 16 heteroatoms. The summed E-state index contributed by atoms with van der Waals surface area (Å²) in [5.74, 6) is -0.441. The molecule has 0 heterocycles. The van der Waals surface area contributed by atoms with E-state index in [-0.39, 0.29) is 12.8 Å². The predicted octanol–water partition coefficient (Wildman–Crippen LogP) is 7.71. The summed E-state index contributed by atoms with van der Waals surface area (Å²) in [5, 5.41) is 19.2. The Labute approximate surface area is 322 Å². The second-order valence-corrected chi connectivity index (χ2v) is 15.8. The number of unbranched alkanes of at least 4 members (excludes halogenated alkanes) is 6. The van der Waals surface area contributed by atoms with Crippen LogP contribution in [0.1, 0.15) is 117 Å². The molecule has 0 saturated heterocycles. The Morgan fingerprint density at radius 3 is 1.83 bits per heavy atom. The fourth-order valence-corrected chi connectivity index (χ4v) is 5.61. The van der Waals surface area contributed by atoms with Crippen LogP contribution in [0.15, 0.2) is 60.8 Å². The zero-order valence-electron chi connectivity index (χ0n) is 32.3. The summed E-state index contributed by atoms with van der Waals surface area (Å²) in [6.07, 6.45) is 28.0. The van der Waals surface area contributed by atoms with E-state index >= 15 is 0 Å². The smallest absolute Gasteiger partial charge is 0.462 e. The minimum absolute atomic E-state index is 0.0368. The molecule has 0 rings (SSSR count). The largest absolute Gasteiger partial charge is 0.472 e. The number of esters is 2. The van der Waals surface area contributed by atoms with Crippen LogP contribution >= 0.6 is 15.6 Å². The standard InChI is InChI=1S/C38H66O14P2/c1-4-34(39)26-22-18-13-11-9-7-5-6-8-10-12-14-20-24-28-38(42)52-36(31-48-37(41)27-23-19-16-15-17-21-25-33(2)3)32-51-54(46,47)50-30-35(40)29-49-53(43,44)45/h6-9,12-14,18,22,26,33-36,39-40H,4-5,10-11,15-17,19-21,23-25,27-32H2,1-3H3,(H,46,47)(H2,43,44,45)/b8-6-,9-7-,14-12-,18-13-,26-22+/t34-,35+,36-/m1/s1. The Hall–Kier alpha value is -2.22. The lowest BCUT2D eigenvalue weighted by Gasteiger charge is -2.20. The Kier molecular flexibility index (Phi) is 31.6. The lowest BCUT2D eigenvalue weighted by molar-refractivity contribution is -0.161. The van der Waals surface area contributed by atoms with Crippen LogP contribution in [0, 0.1) is 5.92 Å². The minimum Gasteiger partial charge on any atom is -0.462 e. The van der Waals surface area contributed by atoms with Gasteiger partial charge in [0.2, 0.25) is 0 Å². The summed E-state index contributed by atoms with van der Waals surface area (Å²) in [6.45, 7) is 3.52. The van der Waals surface area contributed by atoms with E-state index < -0.39 is 72.3 Å². The van der Waals surface area contributed by atoms with Gasteiger partial charge in [-0.2, -0.15) is 0 Å². The number of aliphatic hydroxyl groups excluding tert-OH is 2. The summed E-state index contributed by atoms with van der Waals surface area (Å²) in [4.78, 5) is 52.3. The number of hydrogen-bond acceptors (Lipinski definition) is 11. The summed E-state index contributed by atoms with van der Waals surface area (Å²) >= 11 is 0. The molecule has 0 radical (unpaired) electrons. The monoisotopic (exact) mass is 808 g/mol. The Bertz CT molecular complexity index is 1220. The summed E-state index contributed by atoms with van der Waals surface area (Å²) in [7, 11) is -9.69. The van der Waals surface area contributed by atoms with Crippen LogP contribution in [0.25, 0.3) is 0 Å². The average molecular weight is 809 g/mol. The van der Waals surface area contributed by atoms with E-state index in [4.69, 9.17) is 23.8 Å². The second kappa shape index (κ2) is 33.0. The van der Waals surface area contributed by atoms with Crippen molar-refractivity contribution in [2.45, 2.75) is 135 Å². The van der Waals surface area contributed by atoms with Crippen molar-refractivity contribution in [2.75, 3.05) is 26.4 Å². The maximum atomic E-state index is 12.6. The van der Waals surface area contributed by atoms with Crippen molar-refractivity contribution in [2.24, 2.45) is 5.92 Å². The van der Waals surface area contributed by atoms with E-state index in [2.05, 4.69) is 41.1 Å². The molecule has 0 aromatic heterocycles. The van der Waals surface area contributed by atoms with Crippen molar-refractivity contribution in [3.8, 4) is 0 Å². The quantitative estimate of drug-likeness (QED) is 0.0138. The van der Waals surface area contributed by atoms with Crippen LogP contribution in [-0.2, 0) is 41.8 Å². The van der Waals surface area contributed by atoms with E-state index in [0.29, 0.717) is 31.6 Å². The fraction of sp³-hybridized carbons (Fsp3) is 0.684. The predicted molar refractivity (Wildman–Crippen MR) is 208 cm³/mol. The van der Waals surface area contributed by atoms with Crippen LogP contribution in [0.5, 0.6) is 0 Å². The number of rotatable bonds is 34. The molecule has 0 amide bonds. The van der Waals surface area contributed by atoms with Crippen molar-refractivity contribution >= 4 is 27.6 Å². The summed E-state index contributed by atoms with van der Waals surface area (Å²) in [5.41, 5.74) is 0. The lowest BCUT2D eigenvalue weighted by Crippen LogP contribution is -2.29. The van der Waals surface area contributed by atoms with E-state index in [9.17, 15) is 33.8 Å². The molecule has 0 fully saturated rings. The molecule has 0 aromatic rings. The molecular formula is C38H66O14P2. The van der Waals surface area contributed by atoms with Crippen molar-refractivity contribution in [3.05, 3.63) is 60.8 Å². The summed E-state index contributed by atoms with van der Waals surface area (Å²) in [6, 6.07) is 0. The van der Waals surface area contributed by atoms with Crippen molar-refractivity contribution < 1.29 is 66.7 Å². The molecule has 14 nitrogen and oxygen atoms in total. The molecule has 0 saturated carbocycles. The molecular weight excluding hydrogens is 742 g/mol. The topological polar surface area (TPSA) is 216 Å². The van der Waals surface area contributed by atoms with Gasteiger partial charge in [0.1, 0.15) is 12.7 Å². The second-order valence-electron chi connectivity index (χ2n) is 13.2. The van der Waals surface area contributed by atoms with Crippen molar-refractivity contribution in [1.82, 2.24) is 0 Å². The molecule has 54 heavy (non-hydrogen) atoms. The zero-order valence-corrected chi connectivity index (χ0v) is 34.1. The number of hydrogen-bond donors (Lipinski definition) is 5. The van der Waals surface area contributed by atoms with Gasteiger partial charge in [-0.25, -0.2) is 9.13 Å². The van der Waals surface area contributed by atoms with Gasteiger partial charge in [-0.15, -0.1) is 0 Å². The van der Waals surface area contributed by atoms with Gasteiger partial charge in [-0.3, -0.25) is 23.2 Å². The van der Waals surface area contributed by atoms with E-state index in [1.165, 1.54) is 12.8 Å². The SMILES string of the molecule is CC[C@@H](O)/C=C/C=C\C/C=C\C/C=C\C/C=C\CCCC(=O)O[C@H](COC(=O)CCCCCCCCC(C)C)COP(=O)(O)OC[C@@H](O)COP(=O)(O)O. The molecule has 5 N–H and O–H groups in total. The third-order valence-corrected chi connectivity index (χ3v) is 8.93. The Morgan fingerprint density at radius 1 is 0.648 bits per heavy atom. The number of carbonyl (C=O) groups excluding carboxylic acids is 2. The summed E-state index contributed by atoms with van der Waals surface area (Å²) < 4.78 is 47.4. The van der Waals surface area contributed by atoms with Gasteiger partial charge in [0, 0.05) is 12.8 Å². The molecule has 0 aromatic carbocycles. The first-order valence-electron chi connectivity index (χ1n) is 18.9. The van der Waals surface area contributed by atoms with Gasteiger partial charge in [0.25, 0.3) is 0 Å². The molecule has 0 bridgehead atoms. The first-order chi connectivity index (χ1) is 25.6. The third-order valence-electron chi connectivity index (χ3n) is 7.50. The normalized spacial score (nSPS) is 15.6.